The van der Waals surface area contributed by atoms with Crippen LogP contribution in [0, 0.1) is 23.7 Å². The van der Waals surface area contributed by atoms with Crippen LogP contribution in [0.2, 0.25) is 10.0 Å². The number of halogens is 2. The number of benzene rings is 3. The van der Waals surface area contributed by atoms with Crippen molar-refractivity contribution >= 4 is 50.7 Å². The fourth-order valence-electron chi connectivity index (χ4n) is 8.87. The van der Waals surface area contributed by atoms with Crippen LogP contribution in [-0.4, -0.2) is 50.5 Å². The molecule has 262 valence electrons. The molecule has 7 rings (SSSR count). The van der Waals surface area contributed by atoms with Crippen molar-refractivity contribution < 1.29 is 18.0 Å². The topological polar surface area (TPSA) is 86.8 Å². The number of sulfonamides is 1. The van der Waals surface area contributed by atoms with E-state index in [-0.39, 0.29) is 30.2 Å². The zero-order valence-corrected chi connectivity index (χ0v) is 30.9. The Labute approximate surface area is 301 Å². The summed E-state index contributed by atoms with van der Waals surface area (Å²) in [4.78, 5) is 29.8. The SMILES string of the molecule is CC(C)CNC(=O)C(Cc1ccccc1)N(Cc1ccc(Cl)cc1Cl)C(=O)CN(c1ccc(C23CC4CC(CC(C4)C2)C3)cc1)S(C)(=O)=O. The van der Waals surface area contributed by atoms with E-state index in [0.717, 1.165) is 33.9 Å². The van der Waals surface area contributed by atoms with Gasteiger partial charge in [0.05, 0.1) is 11.9 Å². The number of anilines is 1. The molecule has 3 aromatic rings. The standard InChI is InChI=1S/C39H47Cl2N3O4S/c1-26(2)23-42-38(46)36(18-27-7-5-4-6-8-27)43(24-31-9-12-33(40)19-35(31)41)37(45)25-44(49(3,47)48)34-13-10-32(11-14-34)39-20-28-15-29(21-39)17-30(16-28)22-39/h4-14,19,26,28-30,36H,15-18,20-25H2,1-3H3,(H,42,46). The lowest BCUT2D eigenvalue weighted by molar-refractivity contribution is -0.140. The molecule has 4 fully saturated rings. The number of hydrogen-bond donors (Lipinski definition) is 1. The highest BCUT2D eigenvalue weighted by Crippen LogP contribution is 2.60. The van der Waals surface area contributed by atoms with E-state index in [1.807, 2.05) is 56.3 Å². The van der Waals surface area contributed by atoms with Crippen LogP contribution < -0.4 is 9.62 Å². The van der Waals surface area contributed by atoms with E-state index in [4.69, 9.17) is 23.2 Å². The Morgan fingerprint density at radius 2 is 1.51 bits per heavy atom. The van der Waals surface area contributed by atoms with Gasteiger partial charge in [-0.25, -0.2) is 8.42 Å². The van der Waals surface area contributed by atoms with E-state index in [1.54, 1.807) is 18.2 Å². The van der Waals surface area contributed by atoms with Gasteiger partial charge in [0.15, 0.2) is 0 Å². The Bertz CT molecular complexity index is 1730. The molecule has 4 aliphatic rings. The third-order valence-corrected chi connectivity index (χ3v) is 12.5. The number of amides is 2. The molecule has 7 nitrogen and oxygen atoms in total. The second kappa shape index (κ2) is 14.7. The van der Waals surface area contributed by atoms with E-state index in [1.165, 1.54) is 49.0 Å². The minimum atomic E-state index is -3.88. The molecule has 4 saturated carbocycles. The molecule has 1 atom stereocenters. The highest BCUT2D eigenvalue weighted by atomic mass is 35.5. The van der Waals surface area contributed by atoms with Gasteiger partial charge in [0.2, 0.25) is 21.8 Å². The van der Waals surface area contributed by atoms with Gasteiger partial charge in [-0.05, 0) is 109 Å². The average molecular weight is 725 g/mol. The van der Waals surface area contributed by atoms with Crippen LogP contribution in [0.3, 0.4) is 0 Å². The first kappa shape index (κ1) is 35.7. The van der Waals surface area contributed by atoms with Gasteiger partial charge in [0, 0.05) is 29.6 Å². The molecule has 0 radical (unpaired) electrons. The molecule has 1 N–H and O–H groups in total. The maximum absolute atomic E-state index is 14.5. The Kier molecular flexibility index (Phi) is 10.7. The van der Waals surface area contributed by atoms with E-state index in [0.29, 0.717) is 27.8 Å². The number of rotatable bonds is 13. The summed E-state index contributed by atoms with van der Waals surface area (Å²) in [5.74, 6) is 1.73. The van der Waals surface area contributed by atoms with Crippen LogP contribution in [-0.2, 0) is 38.0 Å². The normalized spacial score (nSPS) is 23.3. The van der Waals surface area contributed by atoms with Crippen LogP contribution in [0.15, 0.2) is 72.8 Å². The van der Waals surface area contributed by atoms with E-state index >= 15 is 0 Å². The molecule has 1 unspecified atom stereocenters. The third-order valence-electron chi connectivity index (χ3n) is 10.8. The second-order valence-corrected chi connectivity index (χ2v) is 17.9. The van der Waals surface area contributed by atoms with Gasteiger partial charge < -0.3 is 10.2 Å². The zero-order valence-electron chi connectivity index (χ0n) is 28.6. The molecule has 3 aromatic carbocycles. The lowest BCUT2D eigenvalue weighted by Gasteiger charge is -2.57. The van der Waals surface area contributed by atoms with E-state index < -0.39 is 28.5 Å². The number of nitrogens with zero attached hydrogens (tertiary/aromatic N) is 2. The minimum absolute atomic E-state index is 0.00993. The quantitative estimate of drug-likeness (QED) is 0.196. The molecule has 49 heavy (non-hydrogen) atoms. The summed E-state index contributed by atoms with van der Waals surface area (Å²) in [6.45, 7) is 3.95. The third kappa shape index (κ3) is 8.29. The van der Waals surface area contributed by atoms with Crippen molar-refractivity contribution in [3.8, 4) is 0 Å². The molecule has 2 amide bonds. The van der Waals surface area contributed by atoms with Crippen LogP contribution in [0.1, 0.15) is 69.1 Å². The van der Waals surface area contributed by atoms with Gasteiger partial charge in [0.25, 0.3) is 0 Å². The predicted octanol–water partition coefficient (Wildman–Crippen LogP) is 7.64. The molecule has 10 heteroatoms. The van der Waals surface area contributed by atoms with Gasteiger partial charge >= 0.3 is 0 Å². The molecular weight excluding hydrogens is 677 g/mol. The van der Waals surface area contributed by atoms with Gasteiger partial charge in [-0.15, -0.1) is 0 Å². The molecule has 0 spiro atoms. The summed E-state index contributed by atoms with van der Waals surface area (Å²) in [5.41, 5.74) is 3.34. The maximum Gasteiger partial charge on any atom is 0.244 e. The van der Waals surface area contributed by atoms with Crippen molar-refractivity contribution in [1.29, 1.82) is 0 Å². The lowest BCUT2D eigenvalue weighted by atomic mass is 9.48. The molecule has 0 saturated heterocycles. The lowest BCUT2D eigenvalue weighted by Crippen LogP contribution is -2.53. The smallest absolute Gasteiger partial charge is 0.244 e. The summed E-state index contributed by atoms with van der Waals surface area (Å²) in [6, 6.07) is 21.4. The largest absolute Gasteiger partial charge is 0.354 e. The van der Waals surface area contributed by atoms with Crippen LogP contribution in [0.25, 0.3) is 0 Å². The summed E-state index contributed by atoms with van der Waals surface area (Å²) >= 11 is 12.8. The van der Waals surface area contributed by atoms with Crippen molar-refractivity contribution in [3.05, 3.63) is 99.5 Å². The first-order valence-electron chi connectivity index (χ1n) is 17.4. The number of hydrogen-bond acceptors (Lipinski definition) is 4. The van der Waals surface area contributed by atoms with Crippen molar-refractivity contribution in [2.75, 3.05) is 23.7 Å². The van der Waals surface area contributed by atoms with Gasteiger partial charge in [0.1, 0.15) is 12.6 Å². The predicted molar refractivity (Wildman–Crippen MR) is 197 cm³/mol. The Balaban J connectivity index is 1.32. The molecule has 0 aromatic heterocycles. The molecular formula is C39H47Cl2N3O4S. The Morgan fingerprint density at radius 1 is 0.898 bits per heavy atom. The van der Waals surface area contributed by atoms with Crippen LogP contribution in [0.5, 0.6) is 0 Å². The minimum Gasteiger partial charge on any atom is -0.354 e. The summed E-state index contributed by atoms with van der Waals surface area (Å²) in [7, 11) is -3.88. The highest BCUT2D eigenvalue weighted by Gasteiger charge is 2.51. The van der Waals surface area contributed by atoms with Gasteiger partial charge in [-0.2, -0.15) is 0 Å². The monoisotopic (exact) mass is 723 g/mol. The molecule has 4 aliphatic carbocycles. The van der Waals surface area contributed by atoms with Crippen LogP contribution in [0.4, 0.5) is 5.69 Å². The second-order valence-electron chi connectivity index (χ2n) is 15.1. The van der Waals surface area contributed by atoms with Gasteiger partial charge in [-0.3, -0.25) is 13.9 Å². The van der Waals surface area contributed by atoms with E-state index in [2.05, 4.69) is 17.4 Å². The van der Waals surface area contributed by atoms with E-state index in [9.17, 15) is 18.0 Å². The summed E-state index contributed by atoms with van der Waals surface area (Å²) in [5, 5.41) is 3.80. The summed E-state index contributed by atoms with van der Waals surface area (Å²) < 4.78 is 27.9. The van der Waals surface area contributed by atoms with Crippen molar-refractivity contribution in [3.63, 3.8) is 0 Å². The molecule has 0 aliphatic heterocycles. The summed E-state index contributed by atoms with van der Waals surface area (Å²) in [6.07, 6.45) is 9.01. The number of nitrogens with one attached hydrogen (secondary N) is 1. The average Bonchev–Trinajstić information content (AvgIpc) is 3.04. The van der Waals surface area contributed by atoms with Crippen molar-refractivity contribution in [1.82, 2.24) is 10.2 Å². The maximum atomic E-state index is 14.5. The Morgan fingerprint density at radius 3 is 2.06 bits per heavy atom. The van der Waals surface area contributed by atoms with Crippen molar-refractivity contribution in [2.45, 2.75) is 76.8 Å². The van der Waals surface area contributed by atoms with Crippen LogP contribution >= 0.6 is 23.2 Å². The first-order valence-corrected chi connectivity index (χ1v) is 20.0. The van der Waals surface area contributed by atoms with Gasteiger partial charge in [-0.1, -0.05) is 85.6 Å². The fraction of sp³-hybridized carbons (Fsp3) is 0.487. The Hall–Kier alpha value is -3.07. The van der Waals surface area contributed by atoms with Crippen molar-refractivity contribution in [2.24, 2.45) is 23.7 Å². The molecule has 0 heterocycles. The fourth-order valence-corrected chi connectivity index (χ4v) is 10.2. The molecule has 4 bridgehead atoms. The number of carbonyl (C=O) groups excluding carboxylic acids is 2. The first-order chi connectivity index (χ1) is 23.3. The highest BCUT2D eigenvalue weighted by molar-refractivity contribution is 7.92. The number of carbonyl (C=O) groups is 2. The zero-order chi connectivity index (χ0) is 34.9.